The molecule has 6 rings (SSSR count). The third-order valence-corrected chi connectivity index (χ3v) is 8.53. The van der Waals surface area contributed by atoms with Crippen LogP contribution in [0, 0.1) is 0 Å². The van der Waals surface area contributed by atoms with E-state index in [0.717, 1.165) is 11.1 Å². The highest BCUT2D eigenvalue weighted by molar-refractivity contribution is 5.96. The van der Waals surface area contributed by atoms with Crippen LogP contribution in [0.4, 0.5) is 0 Å². The molecule has 1 saturated heterocycles. The van der Waals surface area contributed by atoms with E-state index in [0.29, 0.717) is 5.56 Å². The molecular weight excluding hydrogens is 640 g/mol. The summed E-state index contributed by atoms with van der Waals surface area (Å²) >= 11 is 0. The molecule has 1 aromatic heterocycles. The molecule has 0 radical (unpaired) electrons. The number of carboxylic acid groups (broad SMARTS) is 1. The highest BCUT2D eigenvalue weighted by Crippen LogP contribution is 2.51. The standard InChI is InChI=1S/C36H38O13/c1-14(2)7-8-16-29-17(9-10-36(5,6)49-29)31(47-35-28(42)26(40)27(41)33(48-35)34(43)44)24-25(39)23-22(11-15(3)4)45-21-13-20(38)19(37)12-18(21)32(23)46-30(16)24/h7,9-13,22,26-28,33,35,37-38,40-42H,8H2,1-6H3,(H,43,44). The Bertz CT molecular complexity index is 2010. The fourth-order valence-corrected chi connectivity index (χ4v) is 6.11. The van der Waals surface area contributed by atoms with Crippen molar-refractivity contribution >= 4 is 23.0 Å². The van der Waals surface area contributed by atoms with Gasteiger partial charge in [0.25, 0.3) is 0 Å². The number of aliphatic hydroxyl groups excluding tert-OH is 3. The number of rotatable bonds is 6. The SMILES string of the molecule is CC(C)=CCc1c2c(c(OC3OC(C(=O)O)C(O)C(O)C3O)c3c(=O)c4c(oc13)-c1cc(O)c(O)cc1OC4C=C(C)C)C=CC(C)(C)O2. The largest absolute Gasteiger partial charge is 0.504 e. The summed E-state index contributed by atoms with van der Waals surface area (Å²) < 4.78 is 30.9. The predicted octanol–water partition coefficient (Wildman–Crippen LogP) is 4.23. The summed E-state index contributed by atoms with van der Waals surface area (Å²) in [5, 5.41) is 62.0. The van der Waals surface area contributed by atoms with E-state index in [9.17, 15) is 40.2 Å². The van der Waals surface area contributed by atoms with Crippen LogP contribution in [-0.2, 0) is 16.0 Å². The van der Waals surface area contributed by atoms with Crippen LogP contribution in [0.25, 0.3) is 28.4 Å². The van der Waals surface area contributed by atoms with Gasteiger partial charge in [-0.2, -0.15) is 0 Å². The number of aliphatic carboxylic acids is 1. The molecule has 0 amide bonds. The summed E-state index contributed by atoms with van der Waals surface area (Å²) in [6, 6.07) is 2.46. The minimum atomic E-state index is -1.97. The number of fused-ring (bicyclic) bond motifs is 5. The molecule has 4 heterocycles. The number of aliphatic hydroxyl groups is 3. The second-order valence-electron chi connectivity index (χ2n) is 13.4. The Kier molecular flexibility index (Phi) is 8.52. The molecule has 13 nitrogen and oxygen atoms in total. The van der Waals surface area contributed by atoms with Crippen molar-refractivity contribution in [2.45, 2.75) is 90.4 Å². The van der Waals surface area contributed by atoms with Gasteiger partial charge in [0, 0.05) is 11.6 Å². The molecule has 13 heteroatoms. The lowest BCUT2D eigenvalue weighted by atomic mass is 9.91. The van der Waals surface area contributed by atoms with Gasteiger partial charge in [0.05, 0.1) is 16.7 Å². The molecule has 0 bridgehead atoms. The lowest BCUT2D eigenvalue weighted by Gasteiger charge is -2.39. The summed E-state index contributed by atoms with van der Waals surface area (Å²) in [4.78, 5) is 26.8. The maximum absolute atomic E-state index is 14.9. The first-order valence-electron chi connectivity index (χ1n) is 15.7. The number of allylic oxidation sites excluding steroid dienone is 3. The Morgan fingerprint density at radius 2 is 1.69 bits per heavy atom. The maximum Gasteiger partial charge on any atom is 0.335 e. The second-order valence-corrected chi connectivity index (χ2v) is 13.4. The van der Waals surface area contributed by atoms with E-state index < -0.39 is 65.3 Å². The minimum Gasteiger partial charge on any atom is -0.504 e. The lowest BCUT2D eigenvalue weighted by Crippen LogP contribution is -2.61. The van der Waals surface area contributed by atoms with Gasteiger partial charge < -0.3 is 54.0 Å². The van der Waals surface area contributed by atoms with E-state index in [2.05, 4.69) is 0 Å². The van der Waals surface area contributed by atoms with Crippen molar-refractivity contribution < 1.29 is 58.8 Å². The molecule has 0 aliphatic carbocycles. The van der Waals surface area contributed by atoms with Gasteiger partial charge in [-0.25, -0.2) is 4.79 Å². The second kappa shape index (κ2) is 12.3. The zero-order valence-corrected chi connectivity index (χ0v) is 27.7. The van der Waals surface area contributed by atoms with Crippen molar-refractivity contribution in [1.29, 1.82) is 0 Å². The van der Waals surface area contributed by atoms with E-state index in [1.54, 1.807) is 18.2 Å². The van der Waals surface area contributed by atoms with Crippen LogP contribution in [0.15, 0.2) is 50.7 Å². The quantitative estimate of drug-likeness (QED) is 0.160. The van der Waals surface area contributed by atoms with Crippen molar-refractivity contribution in [3.05, 3.63) is 68.4 Å². The number of phenolic OH excluding ortho intramolecular Hbond substituents is 2. The highest BCUT2D eigenvalue weighted by atomic mass is 16.7. The molecule has 6 N–H and O–H groups in total. The molecular formula is C36H38O13. The van der Waals surface area contributed by atoms with E-state index in [-0.39, 0.29) is 57.1 Å². The van der Waals surface area contributed by atoms with Gasteiger partial charge in [-0.3, -0.25) is 4.79 Å². The first kappa shape index (κ1) is 34.1. The first-order chi connectivity index (χ1) is 23.0. The summed E-state index contributed by atoms with van der Waals surface area (Å²) in [6.45, 7) is 11.1. The fraction of sp³-hybridized carbons (Fsp3) is 0.389. The molecule has 6 atom stereocenters. The van der Waals surface area contributed by atoms with Crippen LogP contribution in [0.5, 0.6) is 28.7 Å². The van der Waals surface area contributed by atoms with Crippen molar-refractivity contribution in [2.24, 2.45) is 0 Å². The van der Waals surface area contributed by atoms with Crippen molar-refractivity contribution in [3.8, 4) is 40.1 Å². The topological polar surface area (TPSA) is 206 Å². The summed E-state index contributed by atoms with van der Waals surface area (Å²) in [7, 11) is 0. The normalized spacial score (nSPS) is 24.8. The van der Waals surface area contributed by atoms with Gasteiger partial charge in [-0.1, -0.05) is 17.2 Å². The summed E-state index contributed by atoms with van der Waals surface area (Å²) in [6.07, 6.45) is -3.46. The zero-order valence-electron chi connectivity index (χ0n) is 27.7. The molecule has 2 aromatic carbocycles. The van der Waals surface area contributed by atoms with Crippen LogP contribution in [0.1, 0.15) is 64.3 Å². The van der Waals surface area contributed by atoms with E-state index in [1.807, 2.05) is 47.6 Å². The van der Waals surface area contributed by atoms with E-state index in [1.165, 1.54) is 12.1 Å². The molecule has 3 aliphatic rings. The number of aromatic hydroxyl groups is 2. The lowest BCUT2D eigenvalue weighted by molar-refractivity contribution is -0.271. The molecule has 49 heavy (non-hydrogen) atoms. The smallest absolute Gasteiger partial charge is 0.335 e. The predicted molar refractivity (Wildman–Crippen MR) is 176 cm³/mol. The van der Waals surface area contributed by atoms with Gasteiger partial charge in [0.15, 0.2) is 17.6 Å². The Morgan fingerprint density at radius 1 is 1.00 bits per heavy atom. The number of carbonyl (C=O) groups is 1. The number of ether oxygens (including phenoxy) is 4. The fourth-order valence-electron chi connectivity index (χ4n) is 6.11. The van der Waals surface area contributed by atoms with Crippen molar-refractivity contribution in [1.82, 2.24) is 0 Å². The Labute approximate surface area is 280 Å². The zero-order chi connectivity index (χ0) is 35.7. The van der Waals surface area contributed by atoms with Crippen molar-refractivity contribution in [3.63, 3.8) is 0 Å². The van der Waals surface area contributed by atoms with Gasteiger partial charge in [0.1, 0.15) is 64.0 Å². The molecule has 3 aliphatic heterocycles. The number of hydrogen-bond donors (Lipinski definition) is 6. The molecule has 1 fully saturated rings. The molecule has 0 spiro atoms. The number of hydrogen-bond acceptors (Lipinski definition) is 12. The molecule has 0 saturated carbocycles. The van der Waals surface area contributed by atoms with Gasteiger partial charge >= 0.3 is 5.97 Å². The average Bonchev–Trinajstić information content (AvgIpc) is 3.00. The number of benzene rings is 2. The van der Waals surface area contributed by atoms with E-state index >= 15 is 0 Å². The van der Waals surface area contributed by atoms with Gasteiger partial charge in [-0.05, 0) is 72.3 Å². The van der Waals surface area contributed by atoms with Crippen LogP contribution < -0.4 is 19.6 Å². The van der Waals surface area contributed by atoms with Crippen LogP contribution in [0.3, 0.4) is 0 Å². The first-order valence-corrected chi connectivity index (χ1v) is 15.7. The third-order valence-electron chi connectivity index (χ3n) is 8.53. The van der Waals surface area contributed by atoms with Crippen molar-refractivity contribution in [2.75, 3.05) is 0 Å². The van der Waals surface area contributed by atoms with E-state index in [4.69, 9.17) is 23.4 Å². The van der Waals surface area contributed by atoms with Crippen LogP contribution in [0.2, 0.25) is 0 Å². The van der Waals surface area contributed by atoms with Crippen LogP contribution >= 0.6 is 0 Å². The average molecular weight is 679 g/mol. The number of phenols is 2. The minimum absolute atomic E-state index is 0.0260. The summed E-state index contributed by atoms with van der Waals surface area (Å²) in [5.74, 6) is -2.22. The third kappa shape index (κ3) is 5.92. The Hall–Kier alpha value is -4.82. The van der Waals surface area contributed by atoms with Gasteiger partial charge in [0.2, 0.25) is 11.7 Å². The molecule has 6 unspecified atom stereocenters. The van der Waals surface area contributed by atoms with Crippen LogP contribution in [-0.4, -0.2) is 72.9 Å². The Morgan fingerprint density at radius 3 is 2.35 bits per heavy atom. The van der Waals surface area contributed by atoms with Gasteiger partial charge in [-0.15, -0.1) is 0 Å². The molecule has 3 aromatic rings. The monoisotopic (exact) mass is 678 g/mol. The maximum atomic E-state index is 14.9. The highest BCUT2D eigenvalue weighted by Gasteiger charge is 2.49. The molecule has 260 valence electrons. The summed E-state index contributed by atoms with van der Waals surface area (Å²) in [5.41, 5.74) is 1.29. The number of carboxylic acids is 1. The Balaban J connectivity index is 1.72.